The molecule has 2 aromatic rings. The van der Waals surface area contributed by atoms with Gasteiger partial charge in [-0.2, -0.15) is 0 Å². The molecule has 5 nitrogen and oxygen atoms in total. The molecule has 1 aliphatic rings. The number of hydrogen-bond donors (Lipinski definition) is 3. The van der Waals surface area contributed by atoms with Gasteiger partial charge in [-0.05, 0) is 61.3 Å². The fraction of sp³-hybridized carbons (Fsp3) is 0.190. The maximum absolute atomic E-state index is 12.0. The largest absolute Gasteiger partial charge is 0.332 e. The van der Waals surface area contributed by atoms with Gasteiger partial charge in [-0.3, -0.25) is 14.9 Å². The van der Waals surface area contributed by atoms with Gasteiger partial charge in [-0.15, -0.1) is 0 Å². The molecule has 0 aromatic heterocycles. The average molecular weight is 379 g/mol. The summed E-state index contributed by atoms with van der Waals surface area (Å²) < 4.78 is 0. The maximum Gasteiger partial charge on any atom is 0.250 e. The molecule has 2 amide bonds. The molecule has 2 aromatic carbocycles. The van der Waals surface area contributed by atoms with Gasteiger partial charge in [0.2, 0.25) is 11.8 Å². The Balaban J connectivity index is 1.56. The van der Waals surface area contributed by atoms with E-state index in [1.165, 1.54) is 6.08 Å². The van der Waals surface area contributed by atoms with E-state index < -0.39 is 0 Å². The van der Waals surface area contributed by atoms with Crippen molar-refractivity contribution < 1.29 is 9.59 Å². The monoisotopic (exact) mass is 379 g/mol. The molecule has 1 fully saturated rings. The standard InChI is InChI=1S/C21H21N3O2S/c1-14-7-11-17(13-18(14)23-20(26)16-9-10-16)22-21(27)24-19(25)12-8-15-5-3-2-4-6-15/h2-8,11-13,16H,9-10H2,1H3,(H,23,26)(H2,22,24,25,27)/b12-8+. The van der Waals surface area contributed by atoms with Crippen molar-refractivity contribution in [2.75, 3.05) is 10.6 Å². The van der Waals surface area contributed by atoms with E-state index in [0.717, 1.165) is 29.7 Å². The van der Waals surface area contributed by atoms with Crippen molar-refractivity contribution in [1.29, 1.82) is 0 Å². The van der Waals surface area contributed by atoms with E-state index in [9.17, 15) is 9.59 Å². The van der Waals surface area contributed by atoms with Crippen LogP contribution >= 0.6 is 12.2 Å². The highest BCUT2D eigenvalue weighted by molar-refractivity contribution is 7.80. The molecule has 6 heteroatoms. The molecule has 3 rings (SSSR count). The first-order valence-corrected chi connectivity index (χ1v) is 9.19. The van der Waals surface area contributed by atoms with Gasteiger partial charge in [-0.25, -0.2) is 0 Å². The Kier molecular flexibility index (Phi) is 5.98. The summed E-state index contributed by atoms with van der Waals surface area (Å²) >= 11 is 5.19. The van der Waals surface area contributed by atoms with Crippen LogP contribution in [-0.4, -0.2) is 16.9 Å². The fourth-order valence-electron chi connectivity index (χ4n) is 2.47. The zero-order chi connectivity index (χ0) is 19.2. The SMILES string of the molecule is Cc1ccc(NC(=S)NC(=O)/C=C/c2ccccc2)cc1NC(=O)C1CC1. The van der Waals surface area contributed by atoms with Gasteiger partial charge in [0.05, 0.1) is 0 Å². The van der Waals surface area contributed by atoms with Crippen molar-refractivity contribution >= 4 is 46.6 Å². The van der Waals surface area contributed by atoms with Crippen LogP contribution in [0.15, 0.2) is 54.6 Å². The summed E-state index contributed by atoms with van der Waals surface area (Å²) in [6.45, 7) is 1.93. The zero-order valence-electron chi connectivity index (χ0n) is 15.0. The molecule has 0 saturated heterocycles. The minimum absolute atomic E-state index is 0.0529. The first-order valence-electron chi connectivity index (χ1n) is 8.78. The normalized spacial score (nSPS) is 13.2. The Morgan fingerprint density at radius 3 is 2.52 bits per heavy atom. The number of rotatable bonds is 5. The molecule has 0 bridgehead atoms. The fourth-order valence-corrected chi connectivity index (χ4v) is 2.69. The van der Waals surface area contributed by atoms with Crippen molar-refractivity contribution in [3.05, 3.63) is 65.7 Å². The molecule has 1 saturated carbocycles. The second-order valence-electron chi connectivity index (χ2n) is 6.48. The predicted octanol–water partition coefficient (Wildman–Crippen LogP) is 3.87. The van der Waals surface area contributed by atoms with Gasteiger partial charge in [0.25, 0.3) is 0 Å². The van der Waals surface area contributed by atoms with E-state index in [-0.39, 0.29) is 22.8 Å². The smallest absolute Gasteiger partial charge is 0.250 e. The lowest BCUT2D eigenvalue weighted by Gasteiger charge is -2.12. The van der Waals surface area contributed by atoms with Crippen LogP contribution in [0.5, 0.6) is 0 Å². The molecule has 0 radical (unpaired) electrons. The minimum Gasteiger partial charge on any atom is -0.332 e. The van der Waals surface area contributed by atoms with Crippen LogP contribution in [-0.2, 0) is 9.59 Å². The molecule has 0 unspecified atom stereocenters. The summed E-state index contributed by atoms with van der Waals surface area (Å²) in [5.41, 5.74) is 3.34. The Hall–Kier alpha value is -2.99. The van der Waals surface area contributed by atoms with Crippen molar-refractivity contribution in [3.8, 4) is 0 Å². The van der Waals surface area contributed by atoms with Gasteiger partial charge >= 0.3 is 0 Å². The number of nitrogens with one attached hydrogen (secondary N) is 3. The summed E-state index contributed by atoms with van der Waals surface area (Å²) in [5.74, 6) is -0.124. The van der Waals surface area contributed by atoms with Crippen LogP contribution < -0.4 is 16.0 Å². The zero-order valence-corrected chi connectivity index (χ0v) is 15.8. The highest BCUT2D eigenvalue weighted by Crippen LogP contribution is 2.31. The molecule has 27 heavy (non-hydrogen) atoms. The second-order valence-corrected chi connectivity index (χ2v) is 6.89. The van der Waals surface area contributed by atoms with Crippen molar-refractivity contribution in [2.45, 2.75) is 19.8 Å². The number of carbonyl (C=O) groups excluding carboxylic acids is 2. The van der Waals surface area contributed by atoms with Gasteiger partial charge in [0.15, 0.2) is 5.11 Å². The highest BCUT2D eigenvalue weighted by atomic mass is 32.1. The molecule has 3 N–H and O–H groups in total. The second kappa shape index (κ2) is 8.60. The molecule has 0 spiro atoms. The van der Waals surface area contributed by atoms with E-state index in [1.807, 2.05) is 55.5 Å². The molecular weight excluding hydrogens is 358 g/mol. The highest BCUT2D eigenvalue weighted by Gasteiger charge is 2.29. The molecular formula is C21H21N3O2S. The molecule has 138 valence electrons. The lowest BCUT2D eigenvalue weighted by Crippen LogP contribution is -2.32. The number of benzene rings is 2. The van der Waals surface area contributed by atoms with E-state index in [2.05, 4.69) is 16.0 Å². The quantitative estimate of drug-likeness (QED) is 0.545. The first-order chi connectivity index (χ1) is 13.0. The predicted molar refractivity (Wildman–Crippen MR) is 112 cm³/mol. The lowest BCUT2D eigenvalue weighted by molar-refractivity contribution is -0.117. The maximum atomic E-state index is 12.0. The number of amides is 2. The topological polar surface area (TPSA) is 70.2 Å². The summed E-state index contributed by atoms with van der Waals surface area (Å²) in [7, 11) is 0. The van der Waals surface area contributed by atoms with Crippen LogP contribution in [0, 0.1) is 12.8 Å². The van der Waals surface area contributed by atoms with Crippen molar-refractivity contribution in [2.24, 2.45) is 5.92 Å². The van der Waals surface area contributed by atoms with E-state index in [4.69, 9.17) is 12.2 Å². The van der Waals surface area contributed by atoms with E-state index in [0.29, 0.717) is 5.69 Å². The Morgan fingerprint density at radius 1 is 1.07 bits per heavy atom. The third-order valence-electron chi connectivity index (χ3n) is 4.16. The lowest BCUT2D eigenvalue weighted by atomic mass is 10.1. The van der Waals surface area contributed by atoms with Gasteiger partial charge < -0.3 is 10.6 Å². The molecule has 1 aliphatic carbocycles. The van der Waals surface area contributed by atoms with Crippen LogP contribution in [0.3, 0.4) is 0 Å². The number of thiocarbonyl (C=S) groups is 1. The molecule has 0 heterocycles. The van der Waals surface area contributed by atoms with Gasteiger partial charge in [0, 0.05) is 23.4 Å². The van der Waals surface area contributed by atoms with E-state index >= 15 is 0 Å². The number of anilines is 2. The summed E-state index contributed by atoms with van der Waals surface area (Å²) in [5, 5.41) is 8.72. The van der Waals surface area contributed by atoms with Gasteiger partial charge in [0.1, 0.15) is 0 Å². The number of aryl methyl sites for hydroxylation is 1. The van der Waals surface area contributed by atoms with Crippen LogP contribution in [0.1, 0.15) is 24.0 Å². The summed E-state index contributed by atoms with van der Waals surface area (Å²) in [6, 6.07) is 15.1. The van der Waals surface area contributed by atoms with Crippen LogP contribution in [0.2, 0.25) is 0 Å². The first kappa shape index (κ1) is 18.8. The average Bonchev–Trinajstić information content (AvgIpc) is 3.49. The molecule has 0 aliphatic heterocycles. The third kappa shape index (κ3) is 5.76. The summed E-state index contributed by atoms with van der Waals surface area (Å²) in [4.78, 5) is 24.0. The van der Waals surface area contributed by atoms with Crippen molar-refractivity contribution in [3.63, 3.8) is 0 Å². The molecule has 0 atom stereocenters. The van der Waals surface area contributed by atoms with Crippen LogP contribution in [0.4, 0.5) is 11.4 Å². The third-order valence-corrected chi connectivity index (χ3v) is 4.37. The number of carbonyl (C=O) groups is 2. The van der Waals surface area contributed by atoms with E-state index in [1.54, 1.807) is 6.08 Å². The minimum atomic E-state index is -0.314. The Labute approximate surface area is 163 Å². The van der Waals surface area contributed by atoms with Gasteiger partial charge in [-0.1, -0.05) is 36.4 Å². The Bertz CT molecular complexity index is 890. The summed E-state index contributed by atoms with van der Waals surface area (Å²) in [6.07, 6.45) is 5.06. The van der Waals surface area contributed by atoms with Crippen LogP contribution in [0.25, 0.3) is 6.08 Å². The Morgan fingerprint density at radius 2 is 1.81 bits per heavy atom. The van der Waals surface area contributed by atoms with Crippen molar-refractivity contribution in [1.82, 2.24) is 5.32 Å². The number of hydrogen-bond acceptors (Lipinski definition) is 3.